The minimum atomic E-state index is -0.337. The van der Waals surface area contributed by atoms with Crippen molar-refractivity contribution in [2.45, 2.75) is 44.6 Å². The van der Waals surface area contributed by atoms with Gasteiger partial charge in [0.05, 0.1) is 18.4 Å². The summed E-state index contributed by atoms with van der Waals surface area (Å²) in [6, 6.07) is 13.8. The van der Waals surface area contributed by atoms with Crippen molar-refractivity contribution in [3.8, 4) is 5.75 Å². The molecular formula is C24H29N3O4. The SMILES string of the molecule is COc1ccc(C(=O)Nc2ccccc2C(=O)NCCC(=O)NC2CCCCC2)cc1. The number of para-hydroxylation sites is 1. The van der Waals surface area contributed by atoms with Crippen molar-refractivity contribution in [3.05, 3.63) is 59.7 Å². The van der Waals surface area contributed by atoms with E-state index in [2.05, 4.69) is 16.0 Å². The maximum atomic E-state index is 12.6. The van der Waals surface area contributed by atoms with Crippen LogP contribution in [0.2, 0.25) is 0 Å². The lowest BCUT2D eigenvalue weighted by Gasteiger charge is -2.22. The molecule has 1 saturated carbocycles. The van der Waals surface area contributed by atoms with Crippen molar-refractivity contribution in [2.24, 2.45) is 0 Å². The van der Waals surface area contributed by atoms with Gasteiger partial charge in [-0.15, -0.1) is 0 Å². The van der Waals surface area contributed by atoms with Gasteiger partial charge in [-0.1, -0.05) is 31.4 Å². The van der Waals surface area contributed by atoms with Crippen LogP contribution in [0.4, 0.5) is 5.69 Å². The number of carbonyl (C=O) groups is 3. The van der Waals surface area contributed by atoms with Gasteiger partial charge in [-0.2, -0.15) is 0 Å². The Morgan fingerprint density at radius 1 is 0.935 bits per heavy atom. The average molecular weight is 424 g/mol. The molecule has 2 aromatic carbocycles. The van der Waals surface area contributed by atoms with Crippen LogP contribution in [0.3, 0.4) is 0 Å². The second-order valence-electron chi connectivity index (χ2n) is 7.64. The highest BCUT2D eigenvalue weighted by molar-refractivity contribution is 6.09. The van der Waals surface area contributed by atoms with Crippen LogP contribution in [0, 0.1) is 0 Å². The molecule has 0 aromatic heterocycles. The molecule has 0 aliphatic heterocycles. The third-order valence-corrected chi connectivity index (χ3v) is 5.38. The number of amides is 3. The molecule has 7 nitrogen and oxygen atoms in total. The van der Waals surface area contributed by atoms with E-state index in [4.69, 9.17) is 4.74 Å². The number of carbonyl (C=O) groups excluding carboxylic acids is 3. The van der Waals surface area contributed by atoms with Crippen LogP contribution in [0.15, 0.2) is 48.5 Å². The molecule has 0 spiro atoms. The van der Waals surface area contributed by atoms with Crippen molar-refractivity contribution in [1.29, 1.82) is 0 Å². The Labute approximate surface area is 182 Å². The third kappa shape index (κ3) is 6.57. The zero-order valence-corrected chi connectivity index (χ0v) is 17.8. The number of methoxy groups -OCH3 is 1. The molecule has 164 valence electrons. The third-order valence-electron chi connectivity index (χ3n) is 5.38. The molecule has 3 rings (SSSR count). The first-order valence-electron chi connectivity index (χ1n) is 10.7. The molecule has 3 amide bonds. The molecule has 0 radical (unpaired) electrons. The van der Waals surface area contributed by atoms with Crippen molar-refractivity contribution >= 4 is 23.4 Å². The topological polar surface area (TPSA) is 96.5 Å². The number of rotatable bonds is 8. The van der Waals surface area contributed by atoms with Crippen molar-refractivity contribution in [1.82, 2.24) is 10.6 Å². The lowest BCUT2D eigenvalue weighted by atomic mass is 9.95. The Balaban J connectivity index is 1.53. The van der Waals surface area contributed by atoms with Crippen LogP contribution in [-0.4, -0.2) is 37.4 Å². The Morgan fingerprint density at radius 2 is 1.65 bits per heavy atom. The number of hydrogen-bond donors (Lipinski definition) is 3. The van der Waals surface area contributed by atoms with Gasteiger partial charge in [0.1, 0.15) is 5.75 Å². The lowest BCUT2D eigenvalue weighted by molar-refractivity contribution is -0.121. The van der Waals surface area contributed by atoms with Gasteiger partial charge in [-0.25, -0.2) is 0 Å². The summed E-state index contributed by atoms with van der Waals surface area (Å²) in [5, 5.41) is 8.59. The molecule has 1 aliphatic rings. The van der Waals surface area contributed by atoms with E-state index in [1.54, 1.807) is 55.6 Å². The highest BCUT2D eigenvalue weighted by Crippen LogP contribution is 2.18. The molecule has 0 atom stereocenters. The summed E-state index contributed by atoms with van der Waals surface area (Å²) in [5.74, 6) is -0.0528. The second kappa shape index (κ2) is 11.2. The van der Waals surface area contributed by atoms with E-state index in [0.29, 0.717) is 22.6 Å². The summed E-state index contributed by atoms with van der Waals surface area (Å²) < 4.78 is 5.10. The van der Waals surface area contributed by atoms with Gasteiger partial charge in [0, 0.05) is 24.6 Å². The fourth-order valence-corrected chi connectivity index (χ4v) is 3.66. The fourth-order valence-electron chi connectivity index (χ4n) is 3.66. The van der Waals surface area contributed by atoms with Crippen LogP contribution < -0.4 is 20.7 Å². The number of hydrogen-bond acceptors (Lipinski definition) is 4. The summed E-state index contributed by atoms with van der Waals surface area (Å²) in [4.78, 5) is 37.3. The smallest absolute Gasteiger partial charge is 0.255 e. The van der Waals surface area contributed by atoms with E-state index < -0.39 is 0 Å². The molecule has 31 heavy (non-hydrogen) atoms. The molecule has 0 heterocycles. The summed E-state index contributed by atoms with van der Waals surface area (Å²) in [6.45, 7) is 0.234. The second-order valence-corrected chi connectivity index (χ2v) is 7.64. The Hall–Kier alpha value is -3.35. The highest BCUT2D eigenvalue weighted by atomic mass is 16.5. The lowest BCUT2D eigenvalue weighted by Crippen LogP contribution is -2.38. The quantitative estimate of drug-likeness (QED) is 0.605. The molecule has 0 bridgehead atoms. The summed E-state index contributed by atoms with van der Waals surface area (Å²) in [5.41, 5.74) is 1.21. The summed E-state index contributed by atoms with van der Waals surface area (Å²) in [6.07, 6.45) is 5.82. The summed E-state index contributed by atoms with van der Waals surface area (Å²) in [7, 11) is 1.56. The average Bonchev–Trinajstić information content (AvgIpc) is 2.80. The van der Waals surface area contributed by atoms with Gasteiger partial charge in [0.25, 0.3) is 11.8 Å². The van der Waals surface area contributed by atoms with E-state index >= 15 is 0 Å². The molecule has 1 fully saturated rings. The first kappa shape index (κ1) is 22.3. The van der Waals surface area contributed by atoms with E-state index in [1.165, 1.54) is 6.42 Å². The van der Waals surface area contributed by atoms with Crippen molar-refractivity contribution in [2.75, 3.05) is 19.0 Å². The Morgan fingerprint density at radius 3 is 2.35 bits per heavy atom. The van der Waals surface area contributed by atoms with E-state index in [-0.39, 0.29) is 36.7 Å². The van der Waals surface area contributed by atoms with Gasteiger partial charge in [0.2, 0.25) is 5.91 Å². The highest BCUT2D eigenvalue weighted by Gasteiger charge is 2.17. The first-order valence-corrected chi connectivity index (χ1v) is 10.7. The first-order chi connectivity index (χ1) is 15.1. The van der Waals surface area contributed by atoms with Crippen LogP contribution >= 0.6 is 0 Å². The number of anilines is 1. The van der Waals surface area contributed by atoms with Crippen molar-refractivity contribution in [3.63, 3.8) is 0 Å². The maximum Gasteiger partial charge on any atom is 0.255 e. The molecule has 1 aliphatic carbocycles. The number of ether oxygens (including phenoxy) is 1. The normalized spacial score (nSPS) is 13.8. The molecule has 7 heteroatoms. The van der Waals surface area contributed by atoms with E-state index in [1.807, 2.05) is 0 Å². The number of nitrogens with one attached hydrogen (secondary N) is 3. The standard InChI is InChI=1S/C24H29N3O4/c1-31-19-13-11-17(12-14-19)23(29)27-21-10-6-5-9-20(21)24(30)25-16-15-22(28)26-18-7-3-2-4-8-18/h5-6,9-14,18H,2-4,7-8,15-16H2,1H3,(H,25,30)(H,26,28)(H,27,29). The van der Waals surface area contributed by atoms with Gasteiger partial charge in [0.15, 0.2) is 0 Å². The number of benzene rings is 2. The summed E-state index contributed by atoms with van der Waals surface area (Å²) >= 11 is 0. The predicted molar refractivity (Wildman–Crippen MR) is 119 cm³/mol. The largest absolute Gasteiger partial charge is 0.497 e. The van der Waals surface area contributed by atoms with Crippen LogP contribution in [-0.2, 0) is 4.79 Å². The zero-order chi connectivity index (χ0) is 22.1. The minimum absolute atomic E-state index is 0.0479. The van der Waals surface area contributed by atoms with Gasteiger partial charge < -0.3 is 20.7 Å². The Kier molecular flexibility index (Phi) is 8.04. The van der Waals surface area contributed by atoms with Crippen LogP contribution in [0.5, 0.6) is 5.75 Å². The molecule has 0 saturated heterocycles. The molecule has 3 N–H and O–H groups in total. The zero-order valence-electron chi connectivity index (χ0n) is 17.8. The maximum absolute atomic E-state index is 12.6. The van der Waals surface area contributed by atoms with Gasteiger partial charge in [-0.3, -0.25) is 14.4 Å². The molecule has 0 unspecified atom stereocenters. The molecular weight excluding hydrogens is 394 g/mol. The minimum Gasteiger partial charge on any atom is -0.497 e. The van der Waals surface area contributed by atoms with Gasteiger partial charge in [-0.05, 0) is 49.2 Å². The van der Waals surface area contributed by atoms with E-state index in [0.717, 1.165) is 25.7 Å². The van der Waals surface area contributed by atoms with Crippen LogP contribution in [0.1, 0.15) is 59.2 Å². The van der Waals surface area contributed by atoms with E-state index in [9.17, 15) is 14.4 Å². The predicted octanol–water partition coefficient (Wildman–Crippen LogP) is 3.52. The van der Waals surface area contributed by atoms with Crippen LogP contribution in [0.25, 0.3) is 0 Å². The molecule has 2 aromatic rings. The fraction of sp³-hybridized carbons (Fsp3) is 0.375. The monoisotopic (exact) mass is 423 g/mol. The van der Waals surface area contributed by atoms with Gasteiger partial charge >= 0.3 is 0 Å². The Bertz CT molecular complexity index is 905. The van der Waals surface area contributed by atoms with Crippen molar-refractivity contribution < 1.29 is 19.1 Å².